The Bertz CT molecular complexity index is 1230. The predicted molar refractivity (Wildman–Crippen MR) is 121 cm³/mol. The first-order valence-corrected chi connectivity index (χ1v) is 10.7. The molecule has 8 heteroatoms. The summed E-state index contributed by atoms with van der Waals surface area (Å²) in [6.45, 7) is 0.594. The van der Waals surface area contributed by atoms with Crippen molar-refractivity contribution in [3.8, 4) is 0 Å². The molecule has 0 radical (unpaired) electrons. The molecule has 0 bridgehead atoms. The van der Waals surface area contributed by atoms with Gasteiger partial charge in [0.1, 0.15) is 12.5 Å². The van der Waals surface area contributed by atoms with Gasteiger partial charge in [-0.05, 0) is 28.8 Å². The molecular weight excluding hydrogens is 427 g/mol. The summed E-state index contributed by atoms with van der Waals surface area (Å²) < 4.78 is 14.1. The third-order valence-corrected chi connectivity index (χ3v) is 5.77. The molecule has 1 N–H and O–H groups in total. The number of aliphatic carboxylic acids is 1. The van der Waals surface area contributed by atoms with E-state index in [0.717, 1.165) is 16.3 Å². The van der Waals surface area contributed by atoms with Crippen LogP contribution in [0.15, 0.2) is 59.5 Å². The number of nitrogens with zero attached hydrogens (tertiary/aromatic N) is 2. The molecule has 0 saturated carbocycles. The minimum Gasteiger partial charge on any atom is -0.481 e. The van der Waals surface area contributed by atoms with Crippen molar-refractivity contribution >= 4 is 28.3 Å². The van der Waals surface area contributed by atoms with E-state index in [1.165, 1.54) is 16.9 Å². The predicted octanol–water partition coefficient (Wildman–Crippen LogP) is 3.53. The molecule has 0 spiro atoms. The van der Waals surface area contributed by atoms with Crippen LogP contribution in [0.25, 0.3) is 10.8 Å². The van der Waals surface area contributed by atoms with E-state index in [9.17, 15) is 23.6 Å². The number of carboxylic acid groups (broad SMARTS) is 1. The second-order valence-corrected chi connectivity index (χ2v) is 7.91. The first-order chi connectivity index (χ1) is 15.8. The fourth-order valence-corrected chi connectivity index (χ4v) is 4.06. The van der Waals surface area contributed by atoms with E-state index in [2.05, 4.69) is 5.10 Å². The second-order valence-electron chi connectivity index (χ2n) is 7.91. The molecule has 0 aliphatic rings. The second kappa shape index (κ2) is 10.8. The Morgan fingerprint density at radius 3 is 2.45 bits per heavy atom. The molecule has 0 amide bonds. The van der Waals surface area contributed by atoms with Gasteiger partial charge in [-0.1, -0.05) is 49.4 Å². The quantitative estimate of drug-likeness (QED) is 0.477. The van der Waals surface area contributed by atoms with Crippen LogP contribution in [0.3, 0.4) is 0 Å². The Morgan fingerprint density at radius 2 is 1.76 bits per heavy atom. The Morgan fingerprint density at radius 1 is 1.03 bits per heavy atom. The maximum absolute atomic E-state index is 13.2. The van der Waals surface area contributed by atoms with Gasteiger partial charge in [-0.15, -0.1) is 0 Å². The zero-order valence-electron chi connectivity index (χ0n) is 18.2. The minimum absolute atomic E-state index is 0.209. The summed E-state index contributed by atoms with van der Waals surface area (Å²) in [7, 11) is 0. The molecule has 3 rings (SSSR count). The molecule has 2 atom stereocenters. The lowest BCUT2D eigenvalue weighted by molar-refractivity contribution is -0.141. The average molecular weight is 452 g/mol. The summed E-state index contributed by atoms with van der Waals surface area (Å²) in [6.07, 6.45) is 0.653. The van der Waals surface area contributed by atoms with Crippen LogP contribution in [0.4, 0.5) is 4.39 Å². The number of rotatable bonds is 11. The van der Waals surface area contributed by atoms with Gasteiger partial charge in [-0.25, -0.2) is 9.07 Å². The molecule has 33 heavy (non-hydrogen) atoms. The van der Waals surface area contributed by atoms with Crippen LogP contribution in [0.1, 0.15) is 43.2 Å². The number of benzene rings is 2. The van der Waals surface area contributed by atoms with Crippen LogP contribution in [0.5, 0.6) is 0 Å². The lowest BCUT2D eigenvalue weighted by Crippen LogP contribution is -2.31. The molecule has 0 aliphatic heterocycles. The number of fused-ring (bicyclic) bond motifs is 1. The van der Waals surface area contributed by atoms with Crippen LogP contribution in [0, 0.1) is 5.92 Å². The monoisotopic (exact) mass is 452 g/mol. The van der Waals surface area contributed by atoms with E-state index in [4.69, 9.17) is 5.11 Å². The van der Waals surface area contributed by atoms with Crippen LogP contribution >= 0.6 is 0 Å². The highest BCUT2D eigenvalue weighted by molar-refractivity contribution is 5.93. The highest BCUT2D eigenvalue weighted by Crippen LogP contribution is 2.24. The zero-order chi connectivity index (χ0) is 24.0. The highest BCUT2D eigenvalue weighted by atomic mass is 19.1. The Hall–Kier alpha value is -3.68. The van der Waals surface area contributed by atoms with Gasteiger partial charge < -0.3 is 5.11 Å². The topological polar surface area (TPSA) is 106 Å². The molecule has 1 aromatic heterocycles. The number of hydrogen-bond donors (Lipinski definition) is 1. The van der Waals surface area contributed by atoms with Crippen molar-refractivity contribution in [2.24, 2.45) is 5.92 Å². The third-order valence-electron chi connectivity index (χ3n) is 5.77. The van der Waals surface area contributed by atoms with Crippen molar-refractivity contribution in [1.29, 1.82) is 0 Å². The normalized spacial score (nSPS) is 12.9. The standard InChI is InChI=1S/C25H25FN2O5/c1-2-19(22(29)12-18(13-24(31)32)23(30)14-26)21-10-11-27-28(25(21)33)15-17-8-5-7-16-6-3-4-9-20(16)17/h3-11,18-19H,2,12-15H2,1H3,(H,31,32). The lowest BCUT2D eigenvalue weighted by atomic mass is 9.85. The van der Waals surface area contributed by atoms with Crippen molar-refractivity contribution in [2.45, 2.75) is 38.6 Å². The van der Waals surface area contributed by atoms with Gasteiger partial charge in [0.15, 0.2) is 5.78 Å². The van der Waals surface area contributed by atoms with Gasteiger partial charge in [0.2, 0.25) is 0 Å². The van der Waals surface area contributed by atoms with Gasteiger partial charge in [-0.2, -0.15) is 5.10 Å². The number of carboxylic acids is 1. The van der Waals surface area contributed by atoms with Crippen molar-refractivity contribution in [3.63, 3.8) is 0 Å². The molecule has 172 valence electrons. The number of halogens is 1. The van der Waals surface area contributed by atoms with Gasteiger partial charge in [-0.3, -0.25) is 19.2 Å². The van der Waals surface area contributed by atoms with E-state index >= 15 is 0 Å². The summed E-state index contributed by atoms with van der Waals surface area (Å²) in [6, 6.07) is 15.0. The minimum atomic E-state index is -1.34. The van der Waals surface area contributed by atoms with Gasteiger partial charge in [0.25, 0.3) is 5.56 Å². The molecule has 3 aromatic rings. The highest BCUT2D eigenvalue weighted by Gasteiger charge is 2.29. The van der Waals surface area contributed by atoms with Crippen LogP contribution in [-0.2, 0) is 20.9 Å². The molecule has 2 unspecified atom stereocenters. The van der Waals surface area contributed by atoms with Crippen molar-refractivity contribution in [2.75, 3.05) is 6.67 Å². The van der Waals surface area contributed by atoms with E-state index in [1.807, 2.05) is 42.5 Å². The maximum atomic E-state index is 13.2. The summed E-state index contributed by atoms with van der Waals surface area (Å²) in [5.74, 6) is -4.78. The zero-order valence-corrected chi connectivity index (χ0v) is 18.2. The van der Waals surface area contributed by atoms with Crippen molar-refractivity contribution in [3.05, 3.63) is 76.2 Å². The average Bonchev–Trinajstić information content (AvgIpc) is 2.80. The Kier molecular flexibility index (Phi) is 7.82. The van der Waals surface area contributed by atoms with Gasteiger partial charge >= 0.3 is 5.97 Å². The molecule has 7 nitrogen and oxygen atoms in total. The van der Waals surface area contributed by atoms with Gasteiger partial charge in [0, 0.05) is 30.0 Å². The SMILES string of the molecule is CCC(C(=O)CC(CC(=O)O)C(=O)CF)c1ccnn(Cc2cccc3ccccc23)c1=O. The van der Waals surface area contributed by atoms with E-state index in [1.54, 1.807) is 6.92 Å². The number of hydrogen-bond acceptors (Lipinski definition) is 5. The summed E-state index contributed by atoms with van der Waals surface area (Å²) in [5, 5.41) is 15.2. The van der Waals surface area contributed by atoms with Crippen molar-refractivity contribution in [1.82, 2.24) is 9.78 Å². The Labute approximate surface area is 189 Å². The largest absolute Gasteiger partial charge is 0.481 e. The van der Waals surface area contributed by atoms with Gasteiger partial charge in [0.05, 0.1) is 13.0 Å². The molecule has 0 fully saturated rings. The first-order valence-electron chi connectivity index (χ1n) is 10.7. The smallest absolute Gasteiger partial charge is 0.304 e. The summed E-state index contributed by atoms with van der Waals surface area (Å²) in [5.41, 5.74) is 0.686. The fraction of sp³-hybridized carbons (Fsp3) is 0.320. The number of aromatic nitrogens is 2. The molecule has 1 heterocycles. The summed E-state index contributed by atoms with van der Waals surface area (Å²) >= 11 is 0. The third kappa shape index (κ3) is 5.58. The summed E-state index contributed by atoms with van der Waals surface area (Å²) in [4.78, 5) is 49.0. The van der Waals surface area contributed by atoms with E-state index in [0.29, 0.717) is 0 Å². The molecule has 2 aromatic carbocycles. The van der Waals surface area contributed by atoms with E-state index < -0.39 is 54.4 Å². The van der Waals surface area contributed by atoms with Crippen molar-refractivity contribution < 1.29 is 23.9 Å². The van der Waals surface area contributed by atoms with Crippen LogP contribution in [-0.4, -0.2) is 39.1 Å². The van der Waals surface area contributed by atoms with Crippen LogP contribution in [0.2, 0.25) is 0 Å². The number of alkyl halides is 1. The number of carbonyl (C=O) groups is 3. The first kappa shape index (κ1) is 24.0. The fourth-order valence-electron chi connectivity index (χ4n) is 4.06. The van der Waals surface area contributed by atoms with Crippen LogP contribution < -0.4 is 5.56 Å². The molecular formula is C25H25FN2O5. The number of carbonyl (C=O) groups excluding carboxylic acids is 2. The maximum Gasteiger partial charge on any atom is 0.304 e. The lowest BCUT2D eigenvalue weighted by Gasteiger charge is -2.18. The molecule has 0 aliphatic carbocycles. The number of Topliss-reactive ketones (excluding diaryl/α,β-unsaturated/α-hetero) is 2. The van der Waals surface area contributed by atoms with E-state index in [-0.39, 0.29) is 18.5 Å². The molecule has 0 saturated heterocycles. The number of ketones is 2. The Balaban J connectivity index is 1.90.